The Labute approximate surface area is 293 Å². The topological polar surface area (TPSA) is 378 Å². The Balaban J connectivity index is -0.000000249. The van der Waals surface area contributed by atoms with Gasteiger partial charge in [-0.25, -0.2) is 0 Å². The largest absolute Gasteiger partial charge is 0.480 e. The molecule has 2 aliphatic heterocycles. The van der Waals surface area contributed by atoms with Gasteiger partial charge >= 0.3 is 35.8 Å². The van der Waals surface area contributed by atoms with E-state index in [1.165, 1.54) is 0 Å². The van der Waals surface area contributed by atoms with Crippen LogP contribution in [0.2, 0.25) is 0 Å². The molecule has 19 nitrogen and oxygen atoms in total. The molecule has 2 heterocycles. The molecule has 0 aromatic carbocycles. The number of carboxylic acids is 6. The van der Waals surface area contributed by atoms with Crippen LogP contribution in [0.3, 0.4) is 0 Å². The maximum Gasteiger partial charge on any atom is 0.321 e. The van der Waals surface area contributed by atoms with E-state index >= 15 is 0 Å². The van der Waals surface area contributed by atoms with Crippen LogP contribution >= 0.6 is 12.6 Å². The van der Waals surface area contributed by atoms with E-state index in [-0.39, 0.29) is 29.7 Å². The minimum Gasteiger partial charge on any atom is -0.480 e. The van der Waals surface area contributed by atoms with E-state index in [9.17, 15) is 28.8 Å². The van der Waals surface area contributed by atoms with Crippen molar-refractivity contribution in [1.82, 2.24) is 10.6 Å². The second kappa shape index (κ2) is 32.1. The van der Waals surface area contributed by atoms with Crippen LogP contribution in [0.1, 0.15) is 72.6 Å². The van der Waals surface area contributed by atoms with Crippen LogP contribution in [0, 0.1) is 11.8 Å². The third-order valence-electron chi connectivity index (χ3n) is 6.52. The number of hydrogen-bond donors (Lipinski definition) is 14. The molecular weight excluding hydrogens is 670 g/mol. The van der Waals surface area contributed by atoms with E-state index in [2.05, 4.69) is 23.3 Å². The van der Waals surface area contributed by atoms with Gasteiger partial charge in [-0.1, -0.05) is 34.1 Å². The van der Waals surface area contributed by atoms with E-state index < -0.39 is 60.0 Å². The Morgan fingerprint density at radius 3 is 1.10 bits per heavy atom. The van der Waals surface area contributed by atoms with Crippen LogP contribution in [0.25, 0.3) is 0 Å². The summed E-state index contributed by atoms with van der Waals surface area (Å²) in [5.41, 5.74) is 25.7. The van der Waals surface area contributed by atoms with Gasteiger partial charge in [-0.05, 0) is 70.0 Å². The smallest absolute Gasteiger partial charge is 0.321 e. The molecule has 0 aromatic rings. The Morgan fingerprint density at radius 2 is 0.980 bits per heavy atom. The number of aliphatic carboxylic acids is 6. The quantitative estimate of drug-likeness (QED) is 0.0765. The van der Waals surface area contributed by atoms with Crippen molar-refractivity contribution in [2.45, 2.75) is 109 Å². The summed E-state index contributed by atoms with van der Waals surface area (Å²) in [6, 6.07) is -3.50. The zero-order chi connectivity index (χ0) is 39.3. The Hall–Kier alpha value is -3.11. The third kappa shape index (κ3) is 33.2. The van der Waals surface area contributed by atoms with Gasteiger partial charge in [0.25, 0.3) is 0 Å². The summed E-state index contributed by atoms with van der Waals surface area (Å²) >= 11 is 3.65. The number of hydrogen-bond acceptors (Lipinski definition) is 14. The number of nitrogens with one attached hydrogen (secondary N) is 2. The summed E-state index contributed by atoms with van der Waals surface area (Å²) in [5.74, 6) is -5.01. The second-order valence-electron chi connectivity index (χ2n) is 11.5. The van der Waals surface area contributed by atoms with E-state index in [0.29, 0.717) is 13.0 Å². The van der Waals surface area contributed by atoms with Gasteiger partial charge in [0, 0.05) is 5.75 Å². The minimum absolute atomic E-state index is 0.0208. The Kier molecular flexibility index (Phi) is 34.5. The minimum atomic E-state index is -1.00. The molecule has 2 fully saturated rings. The van der Waals surface area contributed by atoms with E-state index in [0.717, 1.165) is 51.6 Å². The number of rotatable bonds is 13. The average Bonchev–Trinajstić information content (AvgIpc) is 3.77. The summed E-state index contributed by atoms with van der Waals surface area (Å²) in [7, 11) is 0. The summed E-state index contributed by atoms with van der Waals surface area (Å²) in [6.45, 7) is 9.43. The molecular formula is C29H61N7O12S. The molecule has 0 radical (unpaired) electrons. The SMILES string of the molecule is CC(C)C(N)C(=O)O.CC(C)C(N)C(=O)O.NC(CS)C(=O)O.NCCCCC(N)C(=O)O.O=C(O)[C@@H]1CCCN1.O=C(O)[C@@H]1CCCN1. The molecule has 0 saturated carbocycles. The number of carbonyl (C=O) groups is 6. The number of thiol groups is 1. The molecule has 0 amide bonds. The van der Waals surface area contributed by atoms with Gasteiger partial charge in [-0.15, -0.1) is 0 Å². The molecule has 2 rings (SSSR count). The maximum absolute atomic E-state index is 10.1. The fourth-order valence-electron chi connectivity index (χ4n) is 3.07. The van der Waals surface area contributed by atoms with Crippen LogP contribution in [0.15, 0.2) is 0 Å². The first-order chi connectivity index (χ1) is 22.6. The van der Waals surface area contributed by atoms with Crippen molar-refractivity contribution in [3.8, 4) is 0 Å². The predicted molar refractivity (Wildman–Crippen MR) is 186 cm³/mol. The van der Waals surface area contributed by atoms with Gasteiger partial charge in [0.15, 0.2) is 0 Å². The standard InChI is InChI=1S/C6H14N2O2.2C5H9NO2.2C5H11NO2.C3H7NO2S/c7-4-2-1-3-5(8)6(9)10;2*7-5(8)4-2-1-3-6-4;2*1-3(2)4(6)5(7)8;4-2(1-7)3(5)6/h5H,1-4,7-8H2,(H,9,10);2*4,6H,1-3H2,(H,7,8);2*3-4H,6H2,1-2H3,(H,7,8);2,7H,1,4H2,(H,5,6)/t;2*4-;;;/m.00.../s1. The maximum atomic E-state index is 10.1. The molecule has 0 aromatic heterocycles. The van der Waals surface area contributed by atoms with Crippen molar-refractivity contribution < 1.29 is 59.4 Å². The number of nitrogens with two attached hydrogens (primary N) is 5. The van der Waals surface area contributed by atoms with Crippen molar-refractivity contribution in [2.75, 3.05) is 25.4 Å². The van der Waals surface area contributed by atoms with Crippen molar-refractivity contribution in [2.24, 2.45) is 40.5 Å². The molecule has 18 N–H and O–H groups in total. The van der Waals surface area contributed by atoms with Gasteiger partial charge < -0.3 is 69.9 Å². The lowest BCUT2D eigenvalue weighted by Gasteiger charge is -2.07. The lowest BCUT2D eigenvalue weighted by Crippen LogP contribution is -2.34. The molecule has 20 heteroatoms. The first kappa shape index (κ1) is 52.7. The van der Waals surface area contributed by atoms with Gasteiger partial charge in [0.05, 0.1) is 0 Å². The normalized spacial score (nSPS) is 18.4. The van der Waals surface area contributed by atoms with E-state index in [4.69, 9.17) is 59.3 Å². The van der Waals surface area contributed by atoms with Crippen LogP contribution in [-0.4, -0.2) is 128 Å². The molecule has 4 unspecified atom stereocenters. The first-order valence-corrected chi connectivity index (χ1v) is 16.4. The summed E-state index contributed by atoms with van der Waals surface area (Å²) in [4.78, 5) is 60.2. The van der Waals surface area contributed by atoms with Crippen LogP contribution in [-0.2, 0) is 28.8 Å². The summed E-state index contributed by atoms with van der Waals surface area (Å²) < 4.78 is 0. The van der Waals surface area contributed by atoms with Gasteiger partial charge in [-0.2, -0.15) is 12.6 Å². The van der Waals surface area contributed by atoms with Crippen LogP contribution < -0.4 is 39.3 Å². The monoisotopic (exact) mass is 731 g/mol. The predicted octanol–water partition coefficient (Wildman–Crippen LogP) is -1.39. The van der Waals surface area contributed by atoms with E-state index in [1.54, 1.807) is 27.7 Å². The van der Waals surface area contributed by atoms with Crippen LogP contribution in [0.5, 0.6) is 0 Å². The zero-order valence-electron chi connectivity index (χ0n) is 28.9. The Bertz CT molecular complexity index is 861. The van der Waals surface area contributed by atoms with Crippen LogP contribution in [0.4, 0.5) is 0 Å². The third-order valence-corrected chi connectivity index (χ3v) is 6.92. The first-order valence-electron chi connectivity index (χ1n) is 15.7. The van der Waals surface area contributed by atoms with Crippen molar-refractivity contribution in [3.63, 3.8) is 0 Å². The lowest BCUT2D eigenvalue weighted by atomic mass is 10.1. The second-order valence-corrected chi connectivity index (χ2v) is 11.9. The highest BCUT2D eigenvalue weighted by atomic mass is 32.1. The molecule has 290 valence electrons. The summed E-state index contributed by atoms with van der Waals surface area (Å²) in [5, 5.41) is 55.2. The number of carboxylic acid groups (broad SMARTS) is 6. The average molecular weight is 732 g/mol. The fraction of sp³-hybridized carbons (Fsp3) is 0.793. The highest BCUT2D eigenvalue weighted by Crippen LogP contribution is 2.04. The number of unbranched alkanes of at least 4 members (excludes halogenated alkanes) is 1. The highest BCUT2D eigenvalue weighted by Gasteiger charge is 2.21. The Morgan fingerprint density at radius 1 is 0.633 bits per heavy atom. The van der Waals surface area contributed by atoms with Crippen molar-refractivity contribution in [1.29, 1.82) is 0 Å². The molecule has 2 saturated heterocycles. The molecule has 6 atom stereocenters. The molecule has 49 heavy (non-hydrogen) atoms. The van der Waals surface area contributed by atoms with Gasteiger partial charge in [0.2, 0.25) is 0 Å². The van der Waals surface area contributed by atoms with Gasteiger partial charge in [-0.3, -0.25) is 28.8 Å². The van der Waals surface area contributed by atoms with Crippen molar-refractivity contribution >= 4 is 48.4 Å². The molecule has 2 aliphatic rings. The zero-order valence-corrected chi connectivity index (χ0v) is 29.8. The summed E-state index contributed by atoms with van der Waals surface area (Å²) in [6.07, 6.45) is 5.73. The highest BCUT2D eigenvalue weighted by molar-refractivity contribution is 7.80. The van der Waals surface area contributed by atoms with Gasteiger partial charge in [0.1, 0.15) is 36.3 Å². The molecule has 0 bridgehead atoms. The van der Waals surface area contributed by atoms with Crippen molar-refractivity contribution in [3.05, 3.63) is 0 Å². The van der Waals surface area contributed by atoms with E-state index in [1.807, 2.05) is 0 Å². The molecule has 0 spiro atoms. The fourth-order valence-corrected chi connectivity index (χ4v) is 3.23. The molecule has 0 aliphatic carbocycles. The lowest BCUT2D eigenvalue weighted by molar-refractivity contribution is -0.140.